The van der Waals surface area contributed by atoms with Crippen molar-refractivity contribution in [2.75, 3.05) is 7.11 Å². The van der Waals surface area contributed by atoms with Gasteiger partial charge in [-0.3, -0.25) is 4.98 Å². The minimum atomic E-state index is -0.814. The van der Waals surface area contributed by atoms with Gasteiger partial charge in [0.1, 0.15) is 5.75 Å². The predicted octanol–water partition coefficient (Wildman–Crippen LogP) is 2.21. The maximum absolute atomic E-state index is 11.3. The van der Waals surface area contributed by atoms with E-state index < -0.39 is 17.3 Å². The van der Waals surface area contributed by atoms with Crippen molar-refractivity contribution in [3.05, 3.63) is 23.0 Å². The molecule has 0 N–H and O–H groups in total. The number of ether oxygens (including phenoxy) is 2. The largest absolute Gasteiger partial charge is 0.513 e. The number of hydrogen-bond acceptors (Lipinski definition) is 5. The van der Waals surface area contributed by atoms with Crippen molar-refractivity contribution in [3.63, 3.8) is 0 Å². The van der Waals surface area contributed by atoms with Crippen LogP contribution >= 0.6 is 0 Å². The predicted molar refractivity (Wildman–Crippen MR) is 75.1 cm³/mol. The van der Waals surface area contributed by atoms with Gasteiger partial charge in [-0.05, 0) is 13.8 Å². The van der Waals surface area contributed by atoms with Gasteiger partial charge in [-0.2, -0.15) is 0 Å². The number of hydrogen-bond donors (Lipinski definition) is 0. The number of rotatable bonds is 4. The third kappa shape index (κ3) is 3.82. The van der Waals surface area contributed by atoms with Gasteiger partial charge in [0.25, 0.3) is 0 Å². The highest BCUT2D eigenvalue weighted by Gasteiger charge is 2.29. The van der Waals surface area contributed by atoms with Crippen LogP contribution in [0.4, 0.5) is 4.79 Å². The summed E-state index contributed by atoms with van der Waals surface area (Å²) in [5, 5.41) is 0. The summed E-state index contributed by atoms with van der Waals surface area (Å²) in [5.41, 5.74) is 1.04. The quantitative estimate of drug-likeness (QED) is 0.622. The summed E-state index contributed by atoms with van der Waals surface area (Å²) in [6.07, 6.45) is -0.693. The van der Waals surface area contributed by atoms with Crippen molar-refractivity contribution in [3.8, 4) is 5.75 Å². The standard InChI is InChI=1S/C14H18BNO4/c1-8-6-10(20-13(18)19-5)12(9(2)16-8)14(3,4)7-11(15)17/h6H,7H2,1-5H3. The van der Waals surface area contributed by atoms with E-state index in [9.17, 15) is 9.59 Å². The molecule has 0 unspecified atom stereocenters. The molecule has 1 aromatic heterocycles. The SMILES string of the molecule is [B]C(=O)CC(C)(C)c1c(OC(=O)OC)cc(C)nc1C. The van der Waals surface area contributed by atoms with Crippen LogP contribution in [-0.4, -0.2) is 31.8 Å². The molecule has 1 heterocycles. The van der Waals surface area contributed by atoms with Crippen molar-refractivity contribution in [2.45, 2.75) is 39.5 Å². The summed E-state index contributed by atoms with van der Waals surface area (Å²) in [7, 11) is 6.52. The fraction of sp³-hybridized carbons (Fsp3) is 0.500. The minimum absolute atomic E-state index is 0.121. The van der Waals surface area contributed by atoms with Gasteiger partial charge in [-0.25, -0.2) is 4.79 Å². The second-order valence-electron chi connectivity index (χ2n) is 5.31. The summed E-state index contributed by atoms with van der Waals surface area (Å²) in [6.45, 7) is 7.29. The summed E-state index contributed by atoms with van der Waals surface area (Å²) >= 11 is 0. The lowest BCUT2D eigenvalue weighted by Gasteiger charge is -2.27. The van der Waals surface area contributed by atoms with Gasteiger partial charge in [-0.1, -0.05) is 13.8 Å². The first-order valence-electron chi connectivity index (χ1n) is 6.20. The first-order chi connectivity index (χ1) is 9.17. The van der Waals surface area contributed by atoms with Crippen LogP contribution in [0.25, 0.3) is 0 Å². The molecule has 0 aromatic carbocycles. The first kappa shape index (κ1) is 16.2. The van der Waals surface area contributed by atoms with Crippen LogP contribution in [-0.2, 0) is 14.9 Å². The van der Waals surface area contributed by atoms with Crippen molar-refractivity contribution >= 4 is 19.7 Å². The van der Waals surface area contributed by atoms with E-state index >= 15 is 0 Å². The van der Waals surface area contributed by atoms with Crippen LogP contribution in [0.2, 0.25) is 0 Å². The van der Waals surface area contributed by atoms with E-state index in [0.29, 0.717) is 22.7 Å². The van der Waals surface area contributed by atoms with E-state index in [4.69, 9.17) is 12.6 Å². The highest BCUT2D eigenvalue weighted by Crippen LogP contribution is 2.36. The molecule has 0 amide bonds. The number of carbonyl (C=O) groups is 2. The molecule has 0 saturated carbocycles. The Bertz CT molecular complexity index is 540. The van der Waals surface area contributed by atoms with Gasteiger partial charge in [0, 0.05) is 34.9 Å². The fourth-order valence-electron chi connectivity index (χ4n) is 2.35. The van der Waals surface area contributed by atoms with Gasteiger partial charge in [0.2, 0.25) is 0 Å². The van der Waals surface area contributed by atoms with E-state index in [-0.39, 0.29) is 6.42 Å². The first-order valence-corrected chi connectivity index (χ1v) is 6.20. The van der Waals surface area contributed by atoms with Crippen LogP contribution in [0.3, 0.4) is 0 Å². The van der Waals surface area contributed by atoms with Crippen molar-refractivity contribution < 1.29 is 19.1 Å². The molecule has 0 atom stereocenters. The van der Waals surface area contributed by atoms with Crippen LogP contribution in [0.15, 0.2) is 6.07 Å². The highest BCUT2D eigenvalue weighted by atomic mass is 16.7. The van der Waals surface area contributed by atoms with Gasteiger partial charge in [0.15, 0.2) is 7.85 Å². The van der Waals surface area contributed by atoms with Crippen molar-refractivity contribution in [1.82, 2.24) is 4.98 Å². The van der Waals surface area contributed by atoms with Crippen LogP contribution in [0, 0.1) is 13.8 Å². The molecule has 20 heavy (non-hydrogen) atoms. The van der Waals surface area contributed by atoms with Crippen LogP contribution in [0.1, 0.15) is 37.2 Å². The maximum Gasteiger partial charge on any atom is 0.513 e. The third-order valence-electron chi connectivity index (χ3n) is 2.95. The Kier molecular flexibility index (Phi) is 4.92. The molecule has 5 nitrogen and oxygen atoms in total. The van der Waals surface area contributed by atoms with E-state index in [2.05, 4.69) is 9.72 Å². The lowest BCUT2D eigenvalue weighted by molar-refractivity contribution is -0.112. The molecule has 0 fully saturated rings. The number of methoxy groups -OCH3 is 1. The number of nitrogens with zero attached hydrogens (tertiary/aromatic N) is 1. The molecule has 1 rings (SSSR count). The average molecular weight is 275 g/mol. The second-order valence-corrected chi connectivity index (χ2v) is 5.31. The van der Waals surface area contributed by atoms with Gasteiger partial charge < -0.3 is 14.3 Å². The Balaban J connectivity index is 3.35. The molecule has 6 heteroatoms. The number of carbonyl (C=O) groups excluding carboxylic acids is 2. The minimum Gasteiger partial charge on any atom is -0.437 e. The zero-order chi connectivity index (χ0) is 15.5. The van der Waals surface area contributed by atoms with E-state index in [1.54, 1.807) is 19.9 Å². The van der Waals surface area contributed by atoms with Gasteiger partial charge in [-0.15, -0.1) is 0 Å². The Morgan fingerprint density at radius 1 is 1.35 bits per heavy atom. The zero-order valence-corrected chi connectivity index (χ0v) is 12.4. The summed E-state index contributed by atoms with van der Waals surface area (Å²) in [4.78, 5) is 26.9. The van der Waals surface area contributed by atoms with Crippen molar-refractivity contribution in [1.29, 1.82) is 0 Å². The highest BCUT2D eigenvalue weighted by molar-refractivity contribution is 6.57. The Morgan fingerprint density at radius 3 is 2.45 bits per heavy atom. The molecular weight excluding hydrogens is 257 g/mol. The summed E-state index contributed by atoms with van der Waals surface area (Å²) in [6, 6.07) is 1.64. The van der Waals surface area contributed by atoms with Crippen LogP contribution in [0.5, 0.6) is 5.75 Å². The fourth-order valence-corrected chi connectivity index (χ4v) is 2.35. The maximum atomic E-state index is 11.3. The molecule has 2 radical (unpaired) electrons. The molecule has 0 aliphatic carbocycles. The topological polar surface area (TPSA) is 65.5 Å². The Labute approximate surface area is 120 Å². The molecule has 1 aromatic rings. The van der Waals surface area contributed by atoms with Crippen molar-refractivity contribution in [2.24, 2.45) is 0 Å². The monoisotopic (exact) mass is 275 g/mol. The van der Waals surface area contributed by atoms with E-state index in [1.807, 2.05) is 13.8 Å². The molecule has 0 aliphatic rings. The number of aryl methyl sites for hydroxylation is 2. The molecule has 0 spiro atoms. The Morgan fingerprint density at radius 2 is 1.95 bits per heavy atom. The second kappa shape index (κ2) is 6.07. The lowest BCUT2D eigenvalue weighted by Crippen LogP contribution is -2.25. The van der Waals surface area contributed by atoms with E-state index in [1.165, 1.54) is 7.11 Å². The zero-order valence-electron chi connectivity index (χ0n) is 12.4. The molecule has 0 aliphatic heterocycles. The number of pyridine rings is 1. The van der Waals surface area contributed by atoms with Crippen LogP contribution < -0.4 is 4.74 Å². The molecule has 0 bridgehead atoms. The number of aromatic nitrogens is 1. The normalized spacial score (nSPS) is 11.1. The average Bonchev–Trinajstić information content (AvgIpc) is 2.25. The molecular formula is C14H18BNO4. The molecule has 0 saturated heterocycles. The lowest BCUT2D eigenvalue weighted by atomic mass is 9.75. The summed E-state index contributed by atoms with van der Waals surface area (Å²) in [5.74, 6) is 0.341. The smallest absolute Gasteiger partial charge is 0.437 e. The Hall–Kier alpha value is -1.85. The third-order valence-corrected chi connectivity index (χ3v) is 2.95. The molecule has 106 valence electrons. The van der Waals surface area contributed by atoms with E-state index in [0.717, 1.165) is 0 Å². The van der Waals surface area contributed by atoms with Gasteiger partial charge >= 0.3 is 6.16 Å². The summed E-state index contributed by atoms with van der Waals surface area (Å²) < 4.78 is 9.68. The van der Waals surface area contributed by atoms with Gasteiger partial charge in [0.05, 0.1) is 12.8 Å².